The molecule has 1 rings (SSSR count). The van der Waals surface area contributed by atoms with Crippen LogP contribution in [0.25, 0.3) is 0 Å². The van der Waals surface area contributed by atoms with Crippen molar-refractivity contribution in [1.29, 1.82) is 0 Å². The molecule has 0 amide bonds. The maximum absolute atomic E-state index is 12.2. The topological polar surface area (TPSA) is 64.9 Å². The summed E-state index contributed by atoms with van der Waals surface area (Å²) >= 11 is 0. The maximum atomic E-state index is 12.2. The molecule has 0 aromatic rings. The molecule has 1 aliphatic carbocycles. The first-order valence-corrected chi connectivity index (χ1v) is 3.83. The van der Waals surface area contributed by atoms with Gasteiger partial charge in [-0.25, -0.2) is 4.79 Å². The number of hydrogen-bond donors (Lipinski definition) is 2. The minimum absolute atomic E-state index is 0.0509. The minimum Gasteiger partial charge on any atom is -0.478 e. The van der Waals surface area contributed by atoms with Gasteiger partial charge in [-0.2, -0.15) is 8.78 Å². The Hall–Kier alpha value is -1.23. The van der Waals surface area contributed by atoms with Gasteiger partial charge in [-0.3, -0.25) is 0 Å². The van der Waals surface area contributed by atoms with Crippen LogP contribution >= 0.6 is 0 Å². The van der Waals surface area contributed by atoms with Gasteiger partial charge in [-0.05, 0) is 18.9 Å². The molecule has 0 aromatic heterocycles. The third-order valence-corrected chi connectivity index (χ3v) is 2.03. The Morgan fingerprint density at radius 3 is 2.54 bits per heavy atom. The van der Waals surface area contributed by atoms with E-state index in [9.17, 15) is 13.6 Å². The fourth-order valence-electron chi connectivity index (χ4n) is 1.29. The normalized spacial score (nSPS) is 22.5. The summed E-state index contributed by atoms with van der Waals surface area (Å²) in [5.41, 5.74) is 3.58. The first kappa shape index (κ1) is 9.85. The molecule has 0 bridgehead atoms. The van der Waals surface area contributed by atoms with Gasteiger partial charge < -0.3 is 10.8 Å². The van der Waals surface area contributed by atoms with Crippen molar-refractivity contribution in [2.45, 2.75) is 18.9 Å². The molecule has 0 saturated heterocycles. The van der Waals surface area contributed by atoms with Gasteiger partial charge in [0.15, 0.2) is 0 Å². The molecule has 1 atom stereocenters. The van der Waals surface area contributed by atoms with Crippen molar-refractivity contribution < 1.29 is 24.4 Å². The van der Waals surface area contributed by atoms with Gasteiger partial charge in [0.25, 0.3) is 6.08 Å². The highest BCUT2D eigenvalue weighted by atomic mass is 19.3. The molecule has 0 aromatic carbocycles. The third-order valence-electron chi connectivity index (χ3n) is 2.03. The summed E-state index contributed by atoms with van der Waals surface area (Å²) in [6.45, 7) is 0. The number of quaternary nitrogens is 1. The summed E-state index contributed by atoms with van der Waals surface area (Å²) in [5.74, 6) is -1.05. The Balaban J connectivity index is 2.90. The first-order valence-electron chi connectivity index (χ1n) is 3.83. The maximum Gasteiger partial charge on any atom is 0.331 e. The van der Waals surface area contributed by atoms with Crippen molar-refractivity contribution >= 4 is 5.97 Å². The van der Waals surface area contributed by atoms with Crippen LogP contribution in [0.3, 0.4) is 0 Å². The fourth-order valence-corrected chi connectivity index (χ4v) is 1.29. The smallest absolute Gasteiger partial charge is 0.331 e. The summed E-state index contributed by atoms with van der Waals surface area (Å²) in [7, 11) is 0. The zero-order valence-electron chi connectivity index (χ0n) is 6.89. The number of rotatable bonds is 1. The molecule has 0 aliphatic heterocycles. The first-order chi connectivity index (χ1) is 6.02. The molecule has 0 radical (unpaired) electrons. The average Bonchev–Trinajstić information content (AvgIpc) is 2.03. The Kier molecular flexibility index (Phi) is 2.77. The second-order valence-electron chi connectivity index (χ2n) is 2.89. The van der Waals surface area contributed by atoms with Gasteiger partial charge in [0.05, 0.1) is 5.57 Å². The van der Waals surface area contributed by atoms with Gasteiger partial charge in [0.1, 0.15) is 6.04 Å². The standard InChI is InChI=1S/C8H9F2NO2/c9-7(10)5-2-1-4(8(12)13)3-6(5)11/h3,6H,1-2,11H2,(H,12,13)/p+1/t6-/m0/s1. The SMILES string of the molecule is [NH3+][C@H]1C=C(C(=O)O)CCC1=C(F)F. The summed E-state index contributed by atoms with van der Waals surface area (Å²) in [6.07, 6.45) is -0.205. The number of carboxylic acid groups (broad SMARTS) is 1. The molecule has 0 unspecified atom stereocenters. The van der Waals surface area contributed by atoms with E-state index < -0.39 is 18.1 Å². The lowest BCUT2D eigenvalue weighted by molar-refractivity contribution is -0.392. The van der Waals surface area contributed by atoms with E-state index in [1.807, 2.05) is 0 Å². The highest BCUT2D eigenvalue weighted by molar-refractivity contribution is 5.87. The molecule has 0 spiro atoms. The molecule has 0 fully saturated rings. The molecule has 1 aliphatic rings. The van der Waals surface area contributed by atoms with Crippen molar-refractivity contribution in [3.8, 4) is 0 Å². The van der Waals surface area contributed by atoms with Crippen molar-refractivity contribution in [3.05, 3.63) is 23.3 Å². The molecule has 4 N–H and O–H groups in total. The number of aliphatic carboxylic acids is 1. The van der Waals surface area contributed by atoms with Crippen LogP contribution in [0.15, 0.2) is 23.3 Å². The van der Waals surface area contributed by atoms with Gasteiger partial charge >= 0.3 is 5.97 Å². The molecule has 3 nitrogen and oxygen atoms in total. The lowest BCUT2D eigenvalue weighted by atomic mass is 9.92. The van der Waals surface area contributed by atoms with Crippen molar-refractivity contribution in [3.63, 3.8) is 0 Å². The Labute approximate surface area is 73.5 Å². The van der Waals surface area contributed by atoms with E-state index in [1.54, 1.807) is 0 Å². The van der Waals surface area contributed by atoms with Crippen LogP contribution in [0.2, 0.25) is 0 Å². The van der Waals surface area contributed by atoms with Crippen LogP contribution in [-0.2, 0) is 4.79 Å². The van der Waals surface area contributed by atoms with Gasteiger partial charge in [0, 0.05) is 5.57 Å². The number of hydrogen-bond acceptors (Lipinski definition) is 1. The lowest BCUT2D eigenvalue weighted by Gasteiger charge is -2.15. The highest BCUT2D eigenvalue weighted by Gasteiger charge is 2.25. The highest BCUT2D eigenvalue weighted by Crippen LogP contribution is 2.25. The zero-order valence-corrected chi connectivity index (χ0v) is 6.89. The van der Waals surface area contributed by atoms with Gasteiger partial charge in [-0.15, -0.1) is 0 Å². The second-order valence-corrected chi connectivity index (χ2v) is 2.89. The van der Waals surface area contributed by atoms with Crippen LogP contribution in [0.5, 0.6) is 0 Å². The number of carbonyl (C=O) groups is 1. The molecule has 5 heteroatoms. The molecular formula is C8H10F2NO2+. The summed E-state index contributed by atoms with van der Waals surface area (Å²) in [5, 5.41) is 8.58. The van der Waals surface area contributed by atoms with E-state index in [2.05, 4.69) is 5.73 Å². The molecule has 72 valence electrons. The van der Waals surface area contributed by atoms with E-state index in [4.69, 9.17) is 5.11 Å². The van der Waals surface area contributed by atoms with E-state index in [0.29, 0.717) is 0 Å². The molecule has 0 heterocycles. The number of halogens is 2. The fraction of sp³-hybridized carbons (Fsp3) is 0.375. The Morgan fingerprint density at radius 2 is 2.15 bits per heavy atom. The van der Waals surface area contributed by atoms with Crippen LogP contribution < -0.4 is 5.73 Å². The van der Waals surface area contributed by atoms with Crippen LogP contribution in [0, 0.1) is 0 Å². The van der Waals surface area contributed by atoms with E-state index >= 15 is 0 Å². The third kappa shape index (κ3) is 2.12. The summed E-state index contributed by atoms with van der Waals surface area (Å²) in [6, 6.07) is -0.704. The molecular weight excluding hydrogens is 180 g/mol. The van der Waals surface area contributed by atoms with Crippen molar-refractivity contribution in [1.82, 2.24) is 0 Å². The molecule has 13 heavy (non-hydrogen) atoms. The summed E-state index contributed by atoms with van der Waals surface area (Å²) < 4.78 is 24.3. The average molecular weight is 190 g/mol. The predicted octanol–water partition coefficient (Wildman–Crippen LogP) is 0.552. The van der Waals surface area contributed by atoms with Crippen LogP contribution in [0.4, 0.5) is 8.78 Å². The predicted molar refractivity (Wildman–Crippen MR) is 40.9 cm³/mol. The number of carboxylic acids is 1. The van der Waals surface area contributed by atoms with Crippen LogP contribution in [0.1, 0.15) is 12.8 Å². The van der Waals surface area contributed by atoms with Gasteiger partial charge in [0.2, 0.25) is 0 Å². The van der Waals surface area contributed by atoms with E-state index in [-0.39, 0.29) is 24.0 Å². The Morgan fingerprint density at radius 1 is 1.54 bits per heavy atom. The lowest BCUT2D eigenvalue weighted by Crippen LogP contribution is -2.61. The second kappa shape index (κ2) is 3.66. The largest absolute Gasteiger partial charge is 0.478 e. The quantitative estimate of drug-likeness (QED) is 0.634. The zero-order chi connectivity index (χ0) is 10.0. The van der Waals surface area contributed by atoms with E-state index in [1.165, 1.54) is 6.08 Å². The van der Waals surface area contributed by atoms with Crippen molar-refractivity contribution in [2.75, 3.05) is 0 Å². The monoisotopic (exact) mass is 190 g/mol. The van der Waals surface area contributed by atoms with E-state index in [0.717, 1.165) is 0 Å². The molecule has 0 saturated carbocycles. The minimum atomic E-state index is -1.74. The van der Waals surface area contributed by atoms with Gasteiger partial charge in [-0.1, -0.05) is 0 Å². The summed E-state index contributed by atoms with van der Waals surface area (Å²) in [4.78, 5) is 10.5. The van der Waals surface area contributed by atoms with Crippen molar-refractivity contribution in [2.24, 2.45) is 0 Å². The van der Waals surface area contributed by atoms with Crippen LogP contribution in [-0.4, -0.2) is 17.1 Å². The Bertz CT molecular complexity index is 293.